The smallest absolute Gasteiger partial charge is 0.349 e. The van der Waals surface area contributed by atoms with Gasteiger partial charge in [0.1, 0.15) is 12.4 Å². The highest BCUT2D eigenvalue weighted by Gasteiger charge is 2.28. The number of carboxylic acids is 1. The first-order valence-corrected chi connectivity index (χ1v) is 7.63. The third-order valence-electron chi connectivity index (χ3n) is 3.40. The van der Waals surface area contributed by atoms with Crippen molar-refractivity contribution in [1.82, 2.24) is 0 Å². The van der Waals surface area contributed by atoms with Crippen LogP contribution in [0.2, 0.25) is 0 Å². The molecule has 1 unspecified atom stereocenters. The average Bonchev–Trinajstić information content (AvgIpc) is 2.93. The van der Waals surface area contributed by atoms with Crippen LogP contribution in [0.25, 0.3) is 0 Å². The van der Waals surface area contributed by atoms with E-state index in [0.717, 1.165) is 12.5 Å². The molecule has 0 fully saturated rings. The number of carbonyl (C=O) groups excluding carboxylic acids is 2. The summed E-state index contributed by atoms with van der Waals surface area (Å²) in [5, 5.41) is 11.0. The number of carbonyl (C=O) groups is 3. The van der Waals surface area contributed by atoms with E-state index in [9.17, 15) is 19.5 Å². The number of hydrogen-bond acceptors (Lipinski definition) is 6. The number of carboxylic acid groups (broad SMARTS) is 1. The van der Waals surface area contributed by atoms with Crippen molar-refractivity contribution >= 4 is 29.1 Å². The van der Waals surface area contributed by atoms with Crippen molar-refractivity contribution < 1.29 is 29.0 Å². The fraction of sp³-hybridized carbons (Fsp3) is 0.188. The molecule has 7 heteroatoms. The normalized spacial score (nSPS) is 14.0. The molecule has 1 N–H and O–H groups in total. The van der Waals surface area contributed by atoms with E-state index in [1.165, 1.54) is 29.5 Å². The lowest BCUT2D eigenvalue weighted by Crippen LogP contribution is -2.18. The van der Waals surface area contributed by atoms with Gasteiger partial charge < -0.3 is 14.6 Å². The summed E-state index contributed by atoms with van der Waals surface area (Å²) in [6, 6.07) is 6.24. The molecule has 118 valence electrons. The summed E-state index contributed by atoms with van der Waals surface area (Å²) in [5.74, 6) is -1.86. The molecule has 1 aromatic carbocycles. The quantitative estimate of drug-likeness (QED) is 0.869. The van der Waals surface area contributed by atoms with E-state index in [4.69, 9.17) is 9.47 Å². The molecule has 1 aromatic heterocycles. The minimum absolute atomic E-state index is 0.211. The zero-order valence-corrected chi connectivity index (χ0v) is 12.9. The summed E-state index contributed by atoms with van der Waals surface area (Å²) in [4.78, 5) is 35.6. The Morgan fingerprint density at radius 2 is 2.13 bits per heavy atom. The van der Waals surface area contributed by atoms with Gasteiger partial charge in [-0.3, -0.25) is 9.59 Å². The molecule has 1 atom stereocenters. The van der Waals surface area contributed by atoms with Gasteiger partial charge in [0.25, 0.3) is 0 Å². The molecule has 1 aliphatic rings. The van der Waals surface area contributed by atoms with Gasteiger partial charge in [0.2, 0.25) is 11.9 Å². The molecule has 1 aliphatic heterocycles. The topological polar surface area (TPSA) is 89.9 Å². The van der Waals surface area contributed by atoms with Crippen LogP contribution in [-0.4, -0.2) is 22.8 Å². The van der Waals surface area contributed by atoms with Crippen LogP contribution in [0.5, 0.6) is 5.75 Å². The van der Waals surface area contributed by atoms with E-state index >= 15 is 0 Å². The van der Waals surface area contributed by atoms with Gasteiger partial charge in [-0.25, -0.2) is 4.79 Å². The van der Waals surface area contributed by atoms with Crippen LogP contribution in [-0.2, 0) is 20.9 Å². The van der Waals surface area contributed by atoms with Gasteiger partial charge in [-0.15, -0.1) is 11.3 Å². The molecule has 0 amide bonds. The number of ketones is 1. The fourth-order valence-electron chi connectivity index (χ4n) is 2.37. The number of aliphatic carboxylic acids is 1. The van der Waals surface area contributed by atoms with Crippen LogP contribution >= 0.6 is 11.3 Å². The number of hydrogen-bond donors (Lipinski definition) is 1. The Bertz CT molecular complexity index is 807. The lowest BCUT2D eigenvalue weighted by molar-refractivity contribution is -0.163. The molecule has 0 saturated carbocycles. The Morgan fingerprint density at radius 3 is 2.83 bits per heavy atom. The van der Waals surface area contributed by atoms with Gasteiger partial charge in [-0.1, -0.05) is 6.07 Å². The Hall–Kier alpha value is -2.67. The van der Waals surface area contributed by atoms with E-state index in [-0.39, 0.29) is 23.5 Å². The van der Waals surface area contributed by atoms with Crippen LogP contribution in [0.3, 0.4) is 0 Å². The molecule has 23 heavy (non-hydrogen) atoms. The van der Waals surface area contributed by atoms with Gasteiger partial charge in [0.05, 0.1) is 10.4 Å². The minimum Gasteiger partial charge on any atom is -0.488 e. The van der Waals surface area contributed by atoms with Gasteiger partial charge >= 0.3 is 11.9 Å². The van der Waals surface area contributed by atoms with E-state index in [2.05, 4.69) is 0 Å². The fourth-order valence-corrected chi connectivity index (χ4v) is 3.23. The predicted octanol–water partition coefficient (Wildman–Crippen LogP) is 2.56. The first kappa shape index (κ1) is 15.2. The zero-order chi connectivity index (χ0) is 16.6. The van der Waals surface area contributed by atoms with E-state index in [0.29, 0.717) is 10.6 Å². The van der Waals surface area contributed by atoms with Crippen molar-refractivity contribution in [3.8, 4) is 5.75 Å². The molecule has 0 saturated heterocycles. The van der Waals surface area contributed by atoms with Crippen molar-refractivity contribution in [3.05, 3.63) is 51.2 Å². The maximum Gasteiger partial charge on any atom is 0.349 e. The zero-order valence-electron chi connectivity index (χ0n) is 12.1. The Kier molecular flexibility index (Phi) is 3.87. The van der Waals surface area contributed by atoms with Crippen molar-refractivity contribution in [1.29, 1.82) is 0 Å². The Balaban J connectivity index is 2.05. The molecular weight excluding hydrogens is 320 g/mol. The average molecular weight is 332 g/mol. The number of thiophene rings is 1. The molecule has 0 spiro atoms. The van der Waals surface area contributed by atoms with E-state index in [1.54, 1.807) is 5.38 Å². The lowest BCUT2D eigenvalue weighted by atomic mass is 10.0. The highest BCUT2D eigenvalue weighted by Crippen LogP contribution is 2.33. The summed E-state index contributed by atoms with van der Waals surface area (Å²) in [7, 11) is 0. The molecule has 0 bridgehead atoms. The molecular formula is C16H12O6S. The number of rotatable bonds is 3. The number of benzene rings is 1. The predicted molar refractivity (Wildman–Crippen MR) is 80.7 cm³/mol. The maximum atomic E-state index is 12.6. The second-order valence-corrected chi connectivity index (χ2v) is 5.89. The number of ether oxygens (including phenoxy) is 2. The number of fused-ring (bicyclic) bond motifs is 2. The van der Waals surface area contributed by atoms with E-state index in [1.807, 2.05) is 6.07 Å². The van der Waals surface area contributed by atoms with Crippen molar-refractivity contribution in [2.75, 3.05) is 0 Å². The van der Waals surface area contributed by atoms with Crippen molar-refractivity contribution in [2.45, 2.75) is 19.6 Å². The summed E-state index contributed by atoms with van der Waals surface area (Å²) in [6.45, 7) is 1.41. The van der Waals surface area contributed by atoms with Gasteiger partial charge in [-0.2, -0.15) is 0 Å². The second-order valence-electron chi connectivity index (χ2n) is 4.98. The van der Waals surface area contributed by atoms with Gasteiger partial charge in [0, 0.05) is 18.1 Å². The van der Waals surface area contributed by atoms with Crippen LogP contribution in [0.1, 0.15) is 39.4 Å². The third-order valence-corrected chi connectivity index (χ3v) is 4.35. The minimum atomic E-state index is -1.46. The lowest BCUT2D eigenvalue weighted by Gasteiger charge is -2.15. The Labute approximate surface area is 135 Å². The van der Waals surface area contributed by atoms with Crippen molar-refractivity contribution in [3.63, 3.8) is 0 Å². The first-order chi connectivity index (χ1) is 11.0. The molecule has 2 heterocycles. The summed E-state index contributed by atoms with van der Waals surface area (Å²) >= 11 is 1.31. The van der Waals surface area contributed by atoms with Gasteiger partial charge in [0.15, 0.2) is 0 Å². The van der Waals surface area contributed by atoms with Gasteiger partial charge in [-0.05, 0) is 23.6 Å². The second kappa shape index (κ2) is 5.85. The Morgan fingerprint density at radius 1 is 1.35 bits per heavy atom. The molecule has 3 rings (SSSR count). The summed E-state index contributed by atoms with van der Waals surface area (Å²) in [5.41, 5.74) is 1.28. The van der Waals surface area contributed by atoms with Crippen molar-refractivity contribution in [2.24, 2.45) is 0 Å². The largest absolute Gasteiger partial charge is 0.488 e. The van der Waals surface area contributed by atoms with Crippen LogP contribution in [0.4, 0.5) is 0 Å². The van der Waals surface area contributed by atoms with Crippen LogP contribution in [0.15, 0.2) is 29.6 Å². The molecule has 0 aliphatic carbocycles. The molecule has 0 radical (unpaired) electrons. The highest BCUT2D eigenvalue weighted by atomic mass is 32.1. The third kappa shape index (κ3) is 2.83. The van der Waals surface area contributed by atoms with E-state index < -0.39 is 18.0 Å². The van der Waals surface area contributed by atoms with Crippen LogP contribution in [0, 0.1) is 0 Å². The van der Waals surface area contributed by atoms with Crippen LogP contribution < -0.4 is 4.74 Å². The SMILES string of the molecule is CC(=O)OC(C(=O)O)c1ccc2c(c1)C(=O)c1sccc1CO2. The summed E-state index contributed by atoms with van der Waals surface area (Å²) < 4.78 is 10.4. The molecule has 6 nitrogen and oxygen atoms in total. The highest BCUT2D eigenvalue weighted by molar-refractivity contribution is 7.12. The monoisotopic (exact) mass is 332 g/mol. The first-order valence-electron chi connectivity index (χ1n) is 6.75. The standard InChI is InChI=1S/C16H12O6S/c1-8(17)22-14(16(19)20)9-2-3-12-11(6-9)13(18)15-10(7-21-12)4-5-23-15/h2-6,14H,7H2,1H3,(H,19,20). The summed E-state index contributed by atoms with van der Waals surface area (Å²) in [6.07, 6.45) is -1.46. The number of esters is 1. The maximum absolute atomic E-state index is 12.6. The molecule has 2 aromatic rings.